The van der Waals surface area contributed by atoms with Gasteiger partial charge in [-0.25, -0.2) is 0 Å². The molecule has 144 valence electrons. The van der Waals surface area contributed by atoms with Gasteiger partial charge >= 0.3 is 0 Å². The van der Waals surface area contributed by atoms with E-state index in [0.29, 0.717) is 17.4 Å². The maximum Gasteiger partial charge on any atom is 0.0911 e. The van der Waals surface area contributed by atoms with E-state index >= 15 is 0 Å². The molecule has 26 heavy (non-hydrogen) atoms. The molecule has 0 aromatic heterocycles. The van der Waals surface area contributed by atoms with Crippen molar-refractivity contribution in [1.82, 2.24) is 0 Å². The quantitative estimate of drug-likeness (QED) is 0.420. The molecule has 0 N–H and O–H groups in total. The van der Waals surface area contributed by atoms with Crippen molar-refractivity contribution in [2.24, 2.45) is 29.1 Å². The number of methoxy groups -OCH3 is 1. The fourth-order valence-electron chi connectivity index (χ4n) is 6.45. The standard InChI is InChI=1S/C24H37NO/c1-5-18(13-15-25)6-7-19-8-11-22(26-4)23-21(19)10-9-20-16-17(2)12-14-24(20,23)3/h13,16-17,19,21-23H,5-12,14H2,1-4H3/b18-13+/t17-,19+,21?,22-,23+,24?/m0/s1. The van der Waals surface area contributed by atoms with E-state index < -0.39 is 0 Å². The molecular weight excluding hydrogens is 318 g/mol. The van der Waals surface area contributed by atoms with E-state index in [0.717, 1.165) is 30.6 Å². The van der Waals surface area contributed by atoms with Gasteiger partial charge < -0.3 is 4.74 Å². The first kappa shape index (κ1) is 19.7. The number of hydrogen-bond acceptors (Lipinski definition) is 2. The van der Waals surface area contributed by atoms with Crippen molar-refractivity contribution in [3.63, 3.8) is 0 Å². The number of fused-ring (bicyclic) bond motifs is 3. The Hall–Kier alpha value is -1.07. The zero-order chi connectivity index (χ0) is 18.7. The molecule has 0 aromatic rings. The Morgan fingerprint density at radius 1 is 1.35 bits per heavy atom. The molecule has 0 aliphatic heterocycles. The van der Waals surface area contributed by atoms with E-state index in [1.165, 1.54) is 50.5 Å². The van der Waals surface area contributed by atoms with Gasteiger partial charge in [0, 0.05) is 13.2 Å². The van der Waals surface area contributed by atoms with Crippen LogP contribution in [0.3, 0.4) is 0 Å². The van der Waals surface area contributed by atoms with Crippen LogP contribution in [-0.2, 0) is 4.74 Å². The molecule has 0 bridgehead atoms. The second kappa shape index (κ2) is 8.30. The lowest BCUT2D eigenvalue weighted by atomic mass is 9.49. The Morgan fingerprint density at radius 2 is 2.15 bits per heavy atom. The summed E-state index contributed by atoms with van der Waals surface area (Å²) < 4.78 is 6.05. The third kappa shape index (κ3) is 3.65. The zero-order valence-corrected chi connectivity index (χ0v) is 17.3. The summed E-state index contributed by atoms with van der Waals surface area (Å²) in [6.07, 6.45) is 16.0. The van der Waals surface area contributed by atoms with Crippen LogP contribution >= 0.6 is 0 Å². The molecule has 3 aliphatic carbocycles. The average molecular weight is 356 g/mol. The summed E-state index contributed by atoms with van der Waals surface area (Å²) in [4.78, 5) is 0. The molecule has 0 radical (unpaired) electrons. The summed E-state index contributed by atoms with van der Waals surface area (Å²) in [6.45, 7) is 7.10. The molecule has 2 unspecified atom stereocenters. The molecule has 0 aromatic carbocycles. The third-order valence-corrected chi connectivity index (χ3v) is 7.97. The highest BCUT2D eigenvalue weighted by Crippen LogP contribution is 2.60. The molecular formula is C24H37NO. The van der Waals surface area contributed by atoms with Gasteiger partial charge in [0.05, 0.1) is 12.2 Å². The number of ether oxygens (including phenoxy) is 1. The van der Waals surface area contributed by atoms with Crippen molar-refractivity contribution in [3.05, 3.63) is 23.3 Å². The predicted molar refractivity (Wildman–Crippen MR) is 108 cm³/mol. The van der Waals surface area contributed by atoms with E-state index in [2.05, 4.69) is 32.9 Å². The lowest BCUT2D eigenvalue weighted by Crippen LogP contribution is -2.52. The normalized spacial score (nSPS) is 40.2. The van der Waals surface area contributed by atoms with Gasteiger partial charge in [0.1, 0.15) is 0 Å². The molecule has 2 nitrogen and oxygen atoms in total. The Labute approximate surface area is 160 Å². The predicted octanol–water partition coefficient (Wildman–Crippen LogP) is 6.44. The summed E-state index contributed by atoms with van der Waals surface area (Å²) in [5, 5.41) is 8.99. The number of allylic oxidation sites excluding steroid dienone is 4. The first-order valence-electron chi connectivity index (χ1n) is 10.8. The lowest BCUT2D eigenvalue weighted by molar-refractivity contribution is -0.0945. The van der Waals surface area contributed by atoms with E-state index in [1.807, 2.05) is 7.11 Å². The smallest absolute Gasteiger partial charge is 0.0911 e. The fourth-order valence-corrected chi connectivity index (χ4v) is 6.45. The molecule has 0 saturated heterocycles. The second-order valence-corrected chi connectivity index (χ2v) is 9.29. The molecule has 3 rings (SSSR count). The number of nitriles is 1. The number of hydrogen-bond donors (Lipinski definition) is 0. The largest absolute Gasteiger partial charge is 0.381 e. The van der Waals surface area contributed by atoms with Crippen LogP contribution in [0.2, 0.25) is 0 Å². The van der Waals surface area contributed by atoms with Crippen molar-refractivity contribution in [2.45, 2.75) is 84.7 Å². The third-order valence-electron chi connectivity index (χ3n) is 7.97. The van der Waals surface area contributed by atoms with E-state index in [4.69, 9.17) is 10.00 Å². The van der Waals surface area contributed by atoms with Gasteiger partial charge in [0.2, 0.25) is 0 Å². The second-order valence-electron chi connectivity index (χ2n) is 9.29. The molecule has 6 atom stereocenters. The molecule has 3 aliphatic rings. The highest BCUT2D eigenvalue weighted by molar-refractivity contribution is 5.24. The van der Waals surface area contributed by atoms with Crippen LogP contribution in [0.25, 0.3) is 0 Å². The molecule has 2 saturated carbocycles. The van der Waals surface area contributed by atoms with Gasteiger partial charge in [-0.3, -0.25) is 0 Å². The van der Waals surface area contributed by atoms with Gasteiger partial charge in [0.15, 0.2) is 0 Å². The van der Waals surface area contributed by atoms with E-state index in [-0.39, 0.29) is 0 Å². The first-order valence-corrected chi connectivity index (χ1v) is 10.8. The van der Waals surface area contributed by atoms with Crippen LogP contribution in [0, 0.1) is 40.4 Å². The van der Waals surface area contributed by atoms with Crippen LogP contribution in [0.1, 0.15) is 78.6 Å². The zero-order valence-electron chi connectivity index (χ0n) is 17.3. The summed E-state index contributed by atoms with van der Waals surface area (Å²) in [5.74, 6) is 3.03. The van der Waals surface area contributed by atoms with Crippen LogP contribution in [0.4, 0.5) is 0 Å². The Kier molecular flexibility index (Phi) is 6.29. The summed E-state index contributed by atoms with van der Waals surface area (Å²) >= 11 is 0. The van der Waals surface area contributed by atoms with E-state index in [9.17, 15) is 0 Å². The minimum absolute atomic E-state index is 0.352. The monoisotopic (exact) mass is 355 g/mol. The Morgan fingerprint density at radius 3 is 2.85 bits per heavy atom. The van der Waals surface area contributed by atoms with E-state index in [1.54, 1.807) is 11.6 Å². The summed E-state index contributed by atoms with van der Waals surface area (Å²) in [7, 11) is 1.93. The van der Waals surface area contributed by atoms with Gasteiger partial charge in [0.25, 0.3) is 0 Å². The van der Waals surface area contributed by atoms with Crippen LogP contribution in [0.5, 0.6) is 0 Å². The summed E-state index contributed by atoms with van der Waals surface area (Å²) in [6, 6.07) is 2.24. The van der Waals surface area contributed by atoms with Crippen molar-refractivity contribution >= 4 is 0 Å². The van der Waals surface area contributed by atoms with Crippen LogP contribution in [0.15, 0.2) is 23.3 Å². The lowest BCUT2D eigenvalue weighted by Gasteiger charge is -2.57. The van der Waals surface area contributed by atoms with Crippen LogP contribution in [-0.4, -0.2) is 13.2 Å². The minimum Gasteiger partial charge on any atom is -0.381 e. The number of nitrogens with zero attached hydrogens (tertiary/aromatic N) is 1. The van der Waals surface area contributed by atoms with Crippen molar-refractivity contribution < 1.29 is 4.74 Å². The van der Waals surface area contributed by atoms with Crippen molar-refractivity contribution in [3.8, 4) is 6.07 Å². The van der Waals surface area contributed by atoms with Gasteiger partial charge in [-0.15, -0.1) is 0 Å². The number of rotatable bonds is 5. The highest BCUT2D eigenvalue weighted by atomic mass is 16.5. The molecule has 0 amide bonds. The van der Waals surface area contributed by atoms with Crippen molar-refractivity contribution in [2.75, 3.05) is 7.11 Å². The fraction of sp³-hybridized carbons (Fsp3) is 0.792. The van der Waals surface area contributed by atoms with Gasteiger partial charge in [-0.05, 0) is 86.9 Å². The molecule has 2 fully saturated rings. The highest BCUT2D eigenvalue weighted by Gasteiger charge is 2.53. The minimum atomic E-state index is 0.352. The molecule has 0 spiro atoms. The van der Waals surface area contributed by atoms with Gasteiger partial charge in [-0.2, -0.15) is 5.26 Å². The van der Waals surface area contributed by atoms with Crippen LogP contribution < -0.4 is 0 Å². The topological polar surface area (TPSA) is 33.0 Å². The molecule has 2 heteroatoms. The average Bonchev–Trinajstić information content (AvgIpc) is 2.65. The molecule has 0 heterocycles. The SMILES string of the molecule is CC/C(=C\C#N)CC[C@@H]1CC[C@H](OC)[C@H]2C1CCC1=C[C@@H](C)CCC12C. The maximum absolute atomic E-state index is 8.99. The Bertz CT molecular complexity index is 598. The maximum atomic E-state index is 8.99. The van der Waals surface area contributed by atoms with Crippen molar-refractivity contribution in [1.29, 1.82) is 5.26 Å². The Balaban J connectivity index is 1.80. The first-order chi connectivity index (χ1) is 12.5. The van der Waals surface area contributed by atoms with Gasteiger partial charge in [-0.1, -0.05) is 38.0 Å². The summed E-state index contributed by atoms with van der Waals surface area (Å²) in [5.41, 5.74) is 3.41.